The molecule has 11 heteroatoms. The summed E-state index contributed by atoms with van der Waals surface area (Å²) in [6.07, 6.45) is 3.63. The molecular weight excluding hydrogens is 498 g/mol. The van der Waals surface area contributed by atoms with Crippen molar-refractivity contribution >= 4 is 23.4 Å². The van der Waals surface area contributed by atoms with Crippen LogP contribution >= 0.6 is 0 Å². The van der Waals surface area contributed by atoms with Crippen LogP contribution in [-0.4, -0.2) is 87.3 Å². The van der Waals surface area contributed by atoms with Crippen LogP contribution in [0.2, 0.25) is 0 Å². The number of piperidine rings is 1. The number of carbonyl (C=O) groups is 3. The molecule has 0 radical (unpaired) electrons. The Morgan fingerprint density at radius 2 is 1.69 bits per heavy atom. The number of benzene rings is 1. The standard InChI is InChI=1S/C28H39N7O4/c1-19(36)24-18-33(26(38)28(2,3)30)14-15-35(24)27(39)31-22-10-13-34(25(37)16-22)23-6-4-20(5-7-23)17-32-11-8-21(29)9-12-32/h4-7,10,13,16,21,24H,8-9,11-12,14-15,17-18,29-30H2,1-3H3,(H,31,39)/t24-/m0/s1. The number of pyridine rings is 1. The molecule has 3 amide bonds. The van der Waals surface area contributed by atoms with Crippen LogP contribution in [0.1, 0.15) is 39.2 Å². The number of nitrogens with one attached hydrogen (secondary N) is 1. The molecular formula is C28H39N7O4. The molecule has 0 spiro atoms. The first-order valence-electron chi connectivity index (χ1n) is 13.4. The van der Waals surface area contributed by atoms with E-state index in [1.807, 2.05) is 24.3 Å². The summed E-state index contributed by atoms with van der Waals surface area (Å²) in [5.41, 5.74) is 12.8. The summed E-state index contributed by atoms with van der Waals surface area (Å²) in [5, 5.41) is 2.73. The van der Waals surface area contributed by atoms with Crippen molar-refractivity contribution in [3.05, 3.63) is 58.5 Å². The second kappa shape index (κ2) is 11.7. The second-order valence-corrected chi connectivity index (χ2v) is 11.1. The SMILES string of the molecule is CC(=O)[C@@H]1CN(C(=O)C(C)(C)N)CCN1C(=O)Nc1ccn(-c2ccc(CN3CCC(N)CC3)cc2)c(=O)c1. The van der Waals surface area contributed by atoms with Crippen molar-refractivity contribution < 1.29 is 14.4 Å². The summed E-state index contributed by atoms with van der Waals surface area (Å²) >= 11 is 0. The van der Waals surface area contributed by atoms with E-state index < -0.39 is 17.6 Å². The fraction of sp³-hybridized carbons (Fsp3) is 0.500. The summed E-state index contributed by atoms with van der Waals surface area (Å²) in [6.45, 7) is 7.95. The second-order valence-electron chi connectivity index (χ2n) is 11.1. The number of urea groups is 1. The van der Waals surface area contributed by atoms with Crippen LogP contribution in [0, 0.1) is 0 Å². The van der Waals surface area contributed by atoms with Gasteiger partial charge in [-0.25, -0.2) is 4.79 Å². The Morgan fingerprint density at radius 1 is 1.03 bits per heavy atom. The van der Waals surface area contributed by atoms with Gasteiger partial charge < -0.3 is 26.6 Å². The van der Waals surface area contributed by atoms with Crippen molar-refractivity contribution in [1.82, 2.24) is 19.3 Å². The molecule has 39 heavy (non-hydrogen) atoms. The van der Waals surface area contributed by atoms with E-state index in [2.05, 4.69) is 10.2 Å². The predicted octanol–water partition coefficient (Wildman–Crippen LogP) is 1.13. The molecule has 1 atom stereocenters. The van der Waals surface area contributed by atoms with E-state index in [0.717, 1.165) is 38.2 Å². The lowest BCUT2D eigenvalue weighted by molar-refractivity contribution is -0.139. The summed E-state index contributed by atoms with van der Waals surface area (Å²) in [4.78, 5) is 56.2. The number of piperazine rings is 1. The summed E-state index contributed by atoms with van der Waals surface area (Å²) in [5.74, 6) is -0.512. The number of rotatable bonds is 6. The highest BCUT2D eigenvalue weighted by Gasteiger charge is 2.38. The van der Waals surface area contributed by atoms with Crippen LogP contribution in [0.15, 0.2) is 47.4 Å². The van der Waals surface area contributed by atoms with Crippen LogP contribution < -0.4 is 22.3 Å². The molecule has 0 saturated carbocycles. The van der Waals surface area contributed by atoms with Crippen LogP contribution in [0.5, 0.6) is 0 Å². The number of nitrogens with two attached hydrogens (primary N) is 2. The van der Waals surface area contributed by atoms with Gasteiger partial charge >= 0.3 is 6.03 Å². The molecule has 2 saturated heterocycles. The predicted molar refractivity (Wildman–Crippen MR) is 150 cm³/mol. The number of aromatic nitrogens is 1. The molecule has 5 N–H and O–H groups in total. The number of hydrogen-bond acceptors (Lipinski definition) is 7. The lowest BCUT2D eigenvalue weighted by atomic mass is 10.0. The van der Waals surface area contributed by atoms with Gasteiger partial charge in [-0.15, -0.1) is 0 Å². The molecule has 2 fully saturated rings. The molecule has 0 aliphatic carbocycles. The van der Waals surface area contributed by atoms with Gasteiger partial charge in [0.1, 0.15) is 6.04 Å². The molecule has 3 heterocycles. The molecule has 210 valence electrons. The monoisotopic (exact) mass is 537 g/mol. The third kappa shape index (κ3) is 6.92. The van der Waals surface area contributed by atoms with Crippen molar-refractivity contribution in [2.75, 3.05) is 38.0 Å². The Morgan fingerprint density at radius 3 is 2.28 bits per heavy atom. The van der Waals surface area contributed by atoms with Gasteiger partial charge in [0.15, 0.2) is 5.78 Å². The summed E-state index contributed by atoms with van der Waals surface area (Å²) in [6, 6.07) is 9.83. The highest BCUT2D eigenvalue weighted by atomic mass is 16.2. The first-order chi connectivity index (χ1) is 18.4. The Labute approximate surface area is 228 Å². The van der Waals surface area contributed by atoms with Gasteiger partial charge in [-0.3, -0.25) is 23.9 Å². The van der Waals surface area contributed by atoms with Crippen LogP contribution in [0.25, 0.3) is 5.69 Å². The number of likely N-dealkylation sites (tertiary alicyclic amines) is 1. The van der Waals surface area contributed by atoms with Gasteiger partial charge in [-0.05, 0) is 70.5 Å². The maximum atomic E-state index is 13.1. The smallest absolute Gasteiger partial charge is 0.322 e. The molecule has 11 nitrogen and oxygen atoms in total. The van der Waals surface area contributed by atoms with Gasteiger partial charge in [0, 0.05) is 55.9 Å². The normalized spacial score (nSPS) is 19.2. The first-order valence-corrected chi connectivity index (χ1v) is 13.4. The van der Waals surface area contributed by atoms with Gasteiger partial charge in [0.25, 0.3) is 5.56 Å². The average Bonchev–Trinajstić information content (AvgIpc) is 2.89. The molecule has 4 rings (SSSR count). The van der Waals surface area contributed by atoms with E-state index in [-0.39, 0.29) is 36.9 Å². The Bertz CT molecular complexity index is 1260. The number of ketones is 1. The lowest BCUT2D eigenvalue weighted by Gasteiger charge is -2.41. The third-order valence-electron chi connectivity index (χ3n) is 7.37. The lowest BCUT2D eigenvalue weighted by Crippen LogP contribution is -2.63. The largest absolute Gasteiger partial charge is 0.337 e. The highest BCUT2D eigenvalue weighted by molar-refractivity contribution is 5.95. The van der Waals surface area contributed by atoms with Gasteiger partial charge in [-0.2, -0.15) is 0 Å². The minimum atomic E-state index is -1.07. The minimum Gasteiger partial charge on any atom is -0.337 e. The number of hydrogen-bond donors (Lipinski definition) is 3. The Balaban J connectivity index is 1.39. The van der Waals surface area contributed by atoms with Crippen molar-refractivity contribution in [1.29, 1.82) is 0 Å². The molecule has 2 aliphatic heterocycles. The maximum absolute atomic E-state index is 13.1. The van der Waals surface area contributed by atoms with Gasteiger partial charge in [0.2, 0.25) is 5.91 Å². The van der Waals surface area contributed by atoms with Crippen LogP contribution in [0.4, 0.5) is 10.5 Å². The average molecular weight is 538 g/mol. The topological polar surface area (TPSA) is 147 Å². The zero-order valence-corrected chi connectivity index (χ0v) is 22.9. The number of anilines is 1. The Hall–Kier alpha value is -3.54. The molecule has 2 aliphatic rings. The van der Waals surface area contributed by atoms with Crippen molar-refractivity contribution in [3.63, 3.8) is 0 Å². The first kappa shape index (κ1) is 28.5. The quantitative estimate of drug-likeness (QED) is 0.501. The fourth-order valence-electron chi connectivity index (χ4n) is 5.06. The van der Waals surface area contributed by atoms with Gasteiger partial charge in [-0.1, -0.05) is 12.1 Å². The van der Waals surface area contributed by atoms with Crippen LogP contribution in [-0.2, 0) is 16.1 Å². The fourth-order valence-corrected chi connectivity index (χ4v) is 5.06. The number of nitrogens with zero attached hydrogens (tertiary/aromatic N) is 4. The van der Waals surface area contributed by atoms with E-state index in [1.54, 1.807) is 26.1 Å². The van der Waals surface area contributed by atoms with E-state index >= 15 is 0 Å². The minimum absolute atomic E-state index is 0.0745. The van der Waals surface area contributed by atoms with E-state index in [4.69, 9.17) is 11.5 Å². The summed E-state index contributed by atoms with van der Waals surface area (Å²) < 4.78 is 1.51. The summed E-state index contributed by atoms with van der Waals surface area (Å²) in [7, 11) is 0. The van der Waals surface area contributed by atoms with E-state index in [9.17, 15) is 19.2 Å². The maximum Gasteiger partial charge on any atom is 0.322 e. The zero-order chi connectivity index (χ0) is 28.3. The third-order valence-corrected chi connectivity index (χ3v) is 7.37. The molecule has 0 bridgehead atoms. The Kier molecular flexibility index (Phi) is 8.53. The van der Waals surface area contributed by atoms with Gasteiger partial charge in [0.05, 0.1) is 5.54 Å². The van der Waals surface area contributed by atoms with E-state index in [0.29, 0.717) is 11.7 Å². The highest BCUT2D eigenvalue weighted by Crippen LogP contribution is 2.18. The number of Topliss-reactive ketones (excluding diaryl/α,β-unsaturated/α-hetero) is 1. The van der Waals surface area contributed by atoms with Crippen molar-refractivity contribution in [2.45, 2.75) is 57.8 Å². The van der Waals surface area contributed by atoms with Crippen molar-refractivity contribution in [3.8, 4) is 5.69 Å². The number of carbonyl (C=O) groups excluding carboxylic acids is 3. The van der Waals surface area contributed by atoms with Crippen molar-refractivity contribution in [2.24, 2.45) is 11.5 Å². The molecule has 1 aromatic carbocycles. The molecule has 1 aromatic heterocycles. The zero-order valence-electron chi connectivity index (χ0n) is 22.9. The van der Waals surface area contributed by atoms with E-state index in [1.165, 1.54) is 32.9 Å². The number of amides is 3. The molecule has 2 aromatic rings. The van der Waals surface area contributed by atoms with Crippen LogP contribution in [0.3, 0.4) is 0 Å². The molecule has 0 unspecified atom stereocenters.